The fourth-order valence-corrected chi connectivity index (χ4v) is 1.40. The first-order valence-electron chi connectivity index (χ1n) is 5.25. The first kappa shape index (κ1) is 12.5. The van der Waals surface area contributed by atoms with E-state index in [9.17, 15) is 14.9 Å². The van der Waals surface area contributed by atoms with Crippen LogP contribution in [0.5, 0.6) is 11.6 Å². The Morgan fingerprint density at radius 2 is 2.00 bits per heavy atom. The Bertz CT molecular complexity index is 628. The Morgan fingerprint density at radius 1 is 1.32 bits per heavy atom. The van der Waals surface area contributed by atoms with Gasteiger partial charge >= 0.3 is 0 Å². The summed E-state index contributed by atoms with van der Waals surface area (Å²) >= 11 is 0. The van der Waals surface area contributed by atoms with E-state index in [4.69, 9.17) is 10.5 Å². The minimum Gasteiger partial charge on any atom is -0.438 e. The van der Waals surface area contributed by atoms with Crippen molar-refractivity contribution < 1.29 is 14.5 Å². The second-order valence-electron chi connectivity index (χ2n) is 3.58. The number of benzene rings is 1. The van der Waals surface area contributed by atoms with Crippen LogP contribution in [-0.2, 0) is 0 Å². The number of amides is 1. The number of hydrogen-bond acceptors (Lipinski definition) is 5. The zero-order valence-corrected chi connectivity index (χ0v) is 9.65. The molecule has 0 aliphatic heterocycles. The Balaban J connectivity index is 2.40. The van der Waals surface area contributed by atoms with Gasteiger partial charge in [-0.2, -0.15) is 0 Å². The van der Waals surface area contributed by atoms with Crippen molar-refractivity contribution in [2.75, 3.05) is 0 Å². The Labute approximate surface area is 107 Å². The van der Waals surface area contributed by atoms with Crippen LogP contribution in [0.1, 0.15) is 10.4 Å². The quantitative estimate of drug-likeness (QED) is 0.666. The summed E-state index contributed by atoms with van der Waals surface area (Å²) in [5.41, 5.74) is 4.69. The van der Waals surface area contributed by atoms with Crippen LogP contribution >= 0.6 is 0 Å². The highest BCUT2D eigenvalue weighted by molar-refractivity contribution is 5.95. The van der Waals surface area contributed by atoms with Gasteiger partial charge in [-0.25, -0.2) is 4.98 Å². The number of nitrogens with zero attached hydrogens (tertiary/aromatic N) is 2. The zero-order valence-electron chi connectivity index (χ0n) is 9.65. The minimum absolute atomic E-state index is 0.0655. The van der Waals surface area contributed by atoms with Crippen LogP contribution in [0.15, 0.2) is 42.6 Å². The van der Waals surface area contributed by atoms with Crippen LogP contribution < -0.4 is 10.5 Å². The highest BCUT2D eigenvalue weighted by Crippen LogP contribution is 2.25. The second-order valence-corrected chi connectivity index (χ2v) is 3.58. The molecular formula is C12H9N3O4. The maximum Gasteiger partial charge on any atom is 0.288 e. The molecule has 2 rings (SSSR count). The van der Waals surface area contributed by atoms with Crippen molar-refractivity contribution in [2.45, 2.75) is 0 Å². The first-order chi connectivity index (χ1) is 9.08. The SMILES string of the molecule is NC(=O)c1cc([N+](=O)[O-])cnc1Oc1ccccc1. The van der Waals surface area contributed by atoms with Gasteiger partial charge in [0.2, 0.25) is 5.88 Å². The summed E-state index contributed by atoms with van der Waals surface area (Å²) in [7, 11) is 0. The predicted octanol–water partition coefficient (Wildman–Crippen LogP) is 1.88. The van der Waals surface area contributed by atoms with Crippen LogP contribution in [0.25, 0.3) is 0 Å². The molecule has 19 heavy (non-hydrogen) atoms. The summed E-state index contributed by atoms with van der Waals surface area (Å²) in [6.45, 7) is 0. The molecule has 0 atom stereocenters. The fourth-order valence-electron chi connectivity index (χ4n) is 1.40. The number of ether oxygens (including phenoxy) is 1. The highest BCUT2D eigenvalue weighted by Gasteiger charge is 2.17. The van der Waals surface area contributed by atoms with Crippen molar-refractivity contribution in [3.8, 4) is 11.6 Å². The topological polar surface area (TPSA) is 108 Å². The molecule has 0 unspecified atom stereocenters. The summed E-state index contributed by atoms with van der Waals surface area (Å²) in [5.74, 6) is -0.460. The molecule has 7 heteroatoms. The summed E-state index contributed by atoms with van der Waals surface area (Å²) in [6.07, 6.45) is 1.00. The van der Waals surface area contributed by atoms with Crippen molar-refractivity contribution in [3.05, 3.63) is 58.3 Å². The molecule has 1 amide bonds. The summed E-state index contributed by atoms with van der Waals surface area (Å²) < 4.78 is 5.37. The van der Waals surface area contributed by atoms with Gasteiger partial charge in [0.1, 0.15) is 17.5 Å². The molecule has 0 spiro atoms. The number of carbonyl (C=O) groups excluding carboxylic acids is 1. The van der Waals surface area contributed by atoms with E-state index < -0.39 is 10.8 Å². The van der Waals surface area contributed by atoms with Crippen molar-refractivity contribution in [1.82, 2.24) is 4.98 Å². The van der Waals surface area contributed by atoms with E-state index in [0.717, 1.165) is 12.3 Å². The van der Waals surface area contributed by atoms with E-state index in [1.54, 1.807) is 30.3 Å². The number of rotatable bonds is 4. The molecule has 0 bridgehead atoms. The van der Waals surface area contributed by atoms with E-state index in [2.05, 4.69) is 4.98 Å². The number of para-hydroxylation sites is 1. The molecule has 1 aromatic carbocycles. The zero-order chi connectivity index (χ0) is 13.8. The maximum absolute atomic E-state index is 11.3. The number of nitrogens with two attached hydrogens (primary N) is 1. The Morgan fingerprint density at radius 3 is 2.58 bits per heavy atom. The average Bonchev–Trinajstić information content (AvgIpc) is 2.39. The number of aromatic nitrogens is 1. The highest BCUT2D eigenvalue weighted by atomic mass is 16.6. The molecule has 96 valence electrons. The van der Waals surface area contributed by atoms with Gasteiger partial charge in [0, 0.05) is 6.07 Å². The van der Waals surface area contributed by atoms with Gasteiger partial charge in [-0.15, -0.1) is 0 Å². The van der Waals surface area contributed by atoms with E-state index in [1.807, 2.05) is 0 Å². The molecule has 0 saturated heterocycles. The van der Waals surface area contributed by atoms with Gasteiger partial charge in [0.25, 0.3) is 11.6 Å². The predicted molar refractivity (Wildman–Crippen MR) is 65.9 cm³/mol. The van der Waals surface area contributed by atoms with Gasteiger partial charge in [-0.3, -0.25) is 14.9 Å². The van der Waals surface area contributed by atoms with Gasteiger partial charge in [0.05, 0.1) is 4.92 Å². The maximum atomic E-state index is 11.3. The molecule has 7 nitrogen and oxygen atoms in total. The van der Waals surface area contributed by atoms with Crippen LogP contribution in [0.4, 0.5) is 5.69 Å². The second kappa shape index (κ2) is 5.13. The Kier molecular flexibility index (Phi) is 3.37. The molecular weight excluding hydrogens is 250 g/mol. The summed E-state index contributed by atoms with van der Waals surface area (Å²) in [4.78, 5) is 25.0. The fraction of sp³-hybridized carbons (Fsp3) is 0. The standard InChI is InChI=1S/C12H9N3O4/c13-11(16)10-6-8(15(17)18)7-14-12(10)19-9-4-2-1-3-5-9/h1-7H,(H2,13,16). The smallest absolute Gasteiger partial charge is 0.288 e. The lowest BCUT2D eigenvalue weighted by atomic mass is 10.2. The van der Waals surface area contributed by atoms with Crippen molar-refractivity contribution in [3.63, 3.8) is 0 Å². The van der Waals surface area contributed by atoms with E-state index in [0.29, 0.717) is 5.75 Å². The van der Waals surface area contributed by atoms with Crippen molar-refractivity contribution >= 4 is 11.6 Å². The average molecular weight is 259 g/mol. The van der Waals surface area contributed by atoms with Gasteiger partial charge in [0.15, 0.2) is 0 Å². The summed E-state index contributed by atoms with van der Waals surface area (Å²) in [5, 5.41) is 10.6. The van der Waals surface area contributed by atoms with Crippen LogP contribution in [-0.4, -0.2) is 15.8 Å². The molecule has 1 heterocycles. The molecule has 0 aliphatic rings. The van der Waals surface area contributed by atoms with E-state index in [1.165, 1.54) is 0 Å². The number of pyridine rings is 1. The van der Waals surface area contributed by atoms with Gasteiger partial charge in [-0.05, 0) is 12.1 Å². The lowest BCUT2D eigenvalue weighted by Crippen LogP contribution is -2.13. The number of nitro groups is 1. The third kappa shape index (κ3) is 2.83. The normalized spacial score (nSPS) is 9.89. The minimum atomic E-state index is -0.845. The lowest BCUT2D eigenvalue weighted by Gasteiger charge is -2.07. The first-order valence-corrected chi connectivity index (χ1v) is 5.25. The van der Waals surface area contributed by atoms with Crippen LogP contribution in [0.2, 0.25) is 0 Å². The number of hydrogen-bond donors (Lipinski definition) is 1. The largest absolute Gasteiger partial charge is 0.438 e. The van der Waals surface area contributed by atoms with Crippen molar-refractivity contribution in [2.24, 2.45) is 5.73 Å². The molecule has 0 fully saturated rings. The molecule has 0 saturated carbocycles. The number of primary amides is 1. The van der Waals surface area contributed by atoms with Crippen LogP contribution in [0.3, 0.4) is 0 Å². The molecule has 1 aromatic heterocycles. The van der Waals surface area contributed by atoms with E-state index in [-0.39, 0.29) is 17.1 Å². The molecule has 2 N–H and O–H groups in total. The number of carbonyl (C=O) groups is 1. The third-order valence-electron chi connectivity index (χ3n) is 2.27. The van der Waals surface area contributed by atoms with E-state index >= 15 is 0 Å². The molecule has 0 aliphatic carbocycles. The monoisotopic (exact) mass is 259 g/mol. The Hall–Kier alpha value is -2.96. The molecule has 2 aromatic rings. The summed E-state index contributed by atoms with van der Waals surface area (Å²) in [6, 6.07) is 9.63. The van der Waals surface area contributed by atoms with Gasteiger partial charge < -0.3 is 10.5 Å². The van der Waals surface area contributed by atoms with Crippen molar-refractivity contribution in [1.29, 1.82) is 0 Å². The third-order valence-corrected chi connectivity index (χ3v) is 2.27. The van der Waals surface area contributed by atoms with Gasteiger partial charge in [-0.1, -0.05) is 18.2 Å². The molecule has 0 radical (unpaired) electrons. The van der Waals surface area contributed by atoms with Crippen LogP contribution in [0, 0.1) is 10.1 Å². The lowest BCUT2D eigenvalue weighted by molar-refractivity contribution is -0.385.